The van der Waals surface area contributed by atoms with Crippen LogP contribution in [0.5, 0.6) is 0 Å². The molecule has 9 heteroatoms. The van der Waals surface area contributed by atoms with Crippen LogP contribution >= 0.6 is 11.3 Å². The summed E-state index contributed by atoms with van der Waals surface area (Å²) in [6, 6.07) is 0.300. The third-order valence-electron chi connectivity index (χ3n) is 2.22. The van der Waals surface area contributed by atoms with Crippen LogP contribution in [0.2, 0.25) is 0 Å². The van der Waals surface area contributed by atoms with Crippen molar-refractivity contribution in [2.75, 3.05) is 0 Å². The summed E-state index contributed by atoms with van der Waals surface area (Å²) >= 11 is 1.20. The van der Waals surface area contributed by atoms with Crippen LogP contribution in [0.15, 0.2) is 12.4 Å². The topological polar surface area (TPSA) is 55.6 Å². The molecule has 0 aromatic carbocycles. The molecule has 104 valence electrons. The highest BCUT2D eigenvalue weighted by molar-refractivity contribution is 7.13. The van der Waals surface area contributed by atoms with Crippen molar-refractivity contribution in [2.24, 2.45) is 0 Å². The van der Waals surface area contributed by atoms with Crippen molar-refractivity contribution in [3.8, 4) is 5.13 Å². The highest BCUT2D eigenvalue weighted by Gasteiger charge is 2.32. The molecular formula is C10H12F3N5S. The second-order valence-corrected chi connectivity index (χ2v) is 5.23. The van der Waals surface area contributed by atoms with Crippen LogP contribution in [-0.4, -0.2) is 26.0 Å². The molecule has 2 aromatic heterocycles. The van der Waals surface area contributed by atoms with Crippen LogP contribution in [-0.2, 0) is 12.7 Å². The van der Waals surface area contributed by atoms with Crippen LogP contribution in [0.25, 0.3) is 5.13 Å². The van der Waals surface area contributed by atoms with Gasteiger partial charge >= 0.3 is 6.18 Å². The Hall–Kier alpha value is -1.48. The fourth-order valence-corrected chi connectivity index (χ4v) is 2.00. The van der Waals surface area contributed by atoms with Gasteiger partial charge in [0.05, 0.1) is 11.8 Å². The molecule has 5 nitrogen and oxygen atoms in total. The predicted octanol–water partition coefficient (Wildman–Crippen LogP) is 2.24. The number of hydrogen-bond donors (Lipinski definition) is 1. The first-order valence-electron chi connectivity index (χ1n) is 5.54. The molecule has 0 unspecified atom stereocenters. The third kappa shape index (κ3) is 3.51. The van der Waals surface area contributed by atoms with E-state index in [4.69, 9.17) is 0 Å². The minimum atomic E-state index is -4.40. The van der Waals surface area contributed by atoms with Gasteiger partial charge in [-0.15, -0.1) is 10.2 Å². The molecule has 2 heterocycles. The SMILES string of the molecule is CC(C)NCc1nnc(-n2cc(C(F)(F)F)cn2)s1. The maximum atomic E-state index is 12.4. The monoisotopic (exact) mass is 291 g/mol. The minimum Gasteiger partial charge on any atom is -0.308 e. The molecule has 0 amide bonds. The maximum Gasteiger partial charge on any atom is 0.419 e. The number of halogens is 3. The van der Waals surface area contributed by atoms with Gasteiger partial charge in [-0.2, -0.15) is 18.3 Å². The van der Waals surface area contributed by atoms with Crippen molar-refractivity contribution in [3.63, 3.8) is 0 Å². The summed E-state index contributed by atoms with van der Waals surface area (Å²) in [4.78, 5) is 0. The lowest BCUT2D eigenvalue weighted by atomic mass is 10.4. The number of nitrogens with zero attached hydrogens (tertiary/aromatic N) is 4. The Kier molecular flexibility index (Phi) is 3.85. The number of hydrogen-bond acceptors (Lipinski definition) is 5. The number of nitrogens with one attached hydrogen (secondary N) is 1. The van der Waals surface area contributed by atoms with Crippen LogP contribution in [0, 0.1) is 0 Å². The average molecular weight is 291 g/mol. The molecule has 0 aliphatic heterocycles. The summed E-state index contributed by atoms with van der Waals surface area (Å²) < 4.78 is 38.4. The fraction of sp³-hybridized carbons (Fsp3) is 0.500. The lowest BCUT2D eigenvalue weighted by Gasteiger charge is -2.03. The summed E-state index contributed by atoms with van der Waals surface area (Å²) in [5, 5.41) is 15.5. The van der Waals surface area contributed by atoms with E-state index in [1.165, 1.54) is 11.3 Å². The van der Waals surface area contributed by atoms with Gasteiger partial charge in [-0.25, -0.2) is 4.68 Å². The molecule has 0 spiro atoms. The third-order valence-corrected chi connectivity index (χ3v) is 3.14. The van der Waals surface area contributed by atoms with Crippen LogP contribution < -0.4 is 5.32 Å². The summed E-state index contributed by atoms with van der Waals surface area (Å²) in [6.07, 6.45) is -2.72. The zero-order chi connectivity index (χ0) is 14.0. The lowest BCUT2D eigenvalue weighted by molar-refractivity contribution is -0.137. The summed E-state index contributed by atoms with van der Waals surface area (Å²) in [6.45, 7) is 4.51. The molecule has 19 heavy (non-hydrogen) atoms. The summed E-state index contributed by atoms with van der Waals surface area (Å²) in [5.41, 5.74) is -0.801. The van der Waals surface area contributed by atoms with Crippen molar-refractivity contribution < 1.29 is 13.2 Å². The molecule has 0 aliphatic carbocycles. The minimum absolute atomic E-state index is 0.300. The first-order valence-corrected chi connectivity index (χ1v) is 6.36. The van der Waals surface area contributed by atoms with Gasteiger partial charge in [-0.3, -0.25) is 0 Å². The highest BCUT2D eigenvalue weighted by Crippen LogP contribution is 2.29. The van der Waals surface area contributed by atoms with Crippen LogP contribution in [0.4, 0.5) is 13.2 Å². The average Bonchev–Trinajstić information content (AvgIpc) is 2.94. The van der Waals surface area contributed by atoms with Crippen molar-refractivity contribution in [2.45, 2.75) is 32.6 Å². The van der Waals surface area contributed by atoms with E-state index < -0.39 is 11.7 Å². The Morgan fingerprint density at radius 1 is 1.37 bits per heavy atom. The normalized spacial score (nSPS) is 12.3. The van der Waals surface area contributed by atoms with Crippen molar-refractivity contribution >= 4 is 11.3 Å². The molecule has 0 fully saturated rings. The van der Waals surface area contributed by atoms with E-state index in [-0.39, 0.29) is 0 Å². The quantitative estimate of drug-likeness (QED) is 0.938. The Labute approximate surface area is 111 Å². The second kappa shape index (κ2) is 5.25. The molecule has 2 rings (SSSR count). The maximum absolute atomic E-state index is 12.4. The number of rotatable bonds is 4. The predicted molar refractivity (Wildman–Crippen MR) is 64.0 cm³/mol. The zero-order valence-electron chi connectivity index (χ0n) is 10.3. The molecule has 2 aromatic rings. The Morgan fingerprint density at radius 2 is 2.11 bits per heavy atom. The van der Waals surface area contributed by atoms with E-state index in [1.807, 2.05) is 13.8 Å². The van der Waals surface area contributed by atoms with E-state index in [0.29, 0.717) is 22.7 Å². The van der Waals surface area contributed by atoms with Gasteiger partial charge in [0.15, 0.2) is 0 Å². The van der Waals surface area contributed by atoms with E-state index in [1.54, 1.807) is 0 Å². The first kappa shape index (κ1) is 13.9. The molecule has 0 aliphatic rings. The fourth-order valence-electron chi connectivity index (χ4n) is 1.27. The largest absolute Gasteiger partial charge is 0.419 e. The smallest absolute Gasteiger partial charge is 0.308 e. The van der Waals surface area contributed by atoms with Crippen molar-refractivity contribution in [1.82, 2.24) is 25.3 Å². The molecule has 0 saturated heterocycles. The van der Waals surface area contributed by atoms with E-state index >= 15 is 0 Å². The Morgan fingerprint density at radius 3 is 2.68 bits per heavy atom. The summed E-state index contributed by atoms with van der Waals surface area (Å²) in [5.74, 6) is 0. The van der Waals surface area contributed by atoms with Crippen LogP contribution in [0.3, 0.4) is 0 Å². The van der Waals surface area contributed by atoms with Crippen molar-refractivity contribution in [1.29, 1.82) is 0 Å². The molecule has 0 radical (unpaired) electrons. The standard InChI is InChI=1S/C10H12F3N5S/c1-6(2)14-4-8-16-17-9(19-8)18-5-7(3-15-18)10(11,12)13/h3,5-6,14H,4H2,1-2H3. The number of aromatic nitrogens is 4. The Balaban J connectivity index is 2.12. The molecule has 0 saturated carbocycles. The summed E-state index contributed by atoms with van der Waals surface area (Å²) in [7, 11) is 0. The number of alkyl halides is 3. The van der Waals surface area contributed by atoms with Gasteiger partial charge in [0.1, 0.15) is 5.01 Å². The highest BCUT2D eigenvalue weighted by atomic mass is 32.1. The van der Waals surface area contributed by atoms with Gasteiger partial charge in [0.25, 0.3) is 0 Å². The van der Waals surface area contributed by atoms with Gasteiger partial charge in [-0.05, 0) is 0 Å². The van der Waals surface area contributed by atoms with E-state index in [0.717, 1.165) is 17.1 Å². The van der Waals surface area contributed by atoms with E-state index in [2.05, 4.69) is 20.6 Å². The molecule has 1 N–H and O–H groups in total. The van der Waals surface area contributed by atoms with Gasteiger partial charge in [0.2, 0.25) is 5.13 Å². The first-order chi connectivity index (χ1) is 8.86. The molecule has 0 atom stereocenters. The molecule has 0 bridgehead atoms. The second-order valence-electron chi connectivity index (χ2n) is 4.19. The zero-order valence-corrected chi connectivity index (χ0v) is 11.1. The Bertz CT molecular complexity index is 545. The molecular weight excluding hydrogens is 279 g/mol. The lowest BCUT2D eigenvalue weighted by Crippen LogP contribution is -2.21. The van der Waals surface area contributed by atoms with Gasteiger partial charge in [0, 0.05) is 18.8 Å². The van der Waals surface area contributed by atoms with Crippen molar-refractivity contribution in [3.05, 3.63) is 23.0 Å². The van der Waals surface area contributed by atoms with Crippen LogP contribution in [0.1, 0.15) is 24.4 Å². The van der Waals surface area contributed by atoms with Gasteiger partial charge in [-0.1, -0.05) is 25.2 Å². The van der Waals surface area contributed by atoms with E-state index in [9.17, 15) is 13.2 Å². The van der Waals surface area contributed by atoms with Gasteiger partial charge < -0.3 is 5.32 Å².